The van der Waals surface area contributed by atoms with Crippen LogP contribution in [0.3, 0.4) is 0 Å². The first kappa shape index (κ1) is 19.0. The van der Waals surface area contributed by atoms with Crippen molar-refractivity contribution < 1.29 is 9.47 Å². The lowest BCUT2D eigenvalue weighted by atomic mass is 10.1. The van der Waals surface area contributed by atoms with Gasteiger partial charge < -0.3 is 9.47 Å². The summed E-state index contributed by atoms with van der Waals surface area (Å²) in [7, 11) is 0. The fourth-order valence-electron chi connectivity index (χ4n) is 3.15. The predicted molar refractivity (Wildman–Crippen MR) is 114 cm³/mol. The zero-order valence-electron chi connectivity index (χ0n) is 15.8. The fraction of sp³-hybridized carbons (Fsp3) is 0.130. The van der Waals surface area contributed by atoms with E-state index < -0.39 is 5.56 Å². The number of hydrogen-bond donors (Lipinski definition) is 0. The SMILES string of the molecule is CCOc1ccc(-n2ncc(Cl)c(OCc3cccc4ccccc34)c2=O)cc1. The first-order chi connectivity index (χ1) is 14.2. The maximum absolute atomic E-state index is 12.9. The van der Waals surface area contributed by atoms with Crippen molar-refractivity contribution in [1.82, 2.24) is 9.78 Å². The van der Waals surface area contributed by atoms with E-state index in [2.05, 4.69) is 5.10 Å². The summed E-state index contributed by atoms with van der Waals surface area (Å²) in [6.07, 6.45) is 1.41. The molecule has 6 heteroatoms. The highest BCUT2D eigenvalue weighted by Crippen LogP contribution is 2.23. The largest absolute Gasteiger partial charge is 0.494 e. The van der Waals surface area contributed by atoms with Gasteiger partial charge in [0.1, 0.15) is 17.4 Å². The van der Waals surface area contributed by atoms with E-state index in [1.807, 2.05) is 49.4 Å². The van der Waals surface area contributed by atoms with Gasteiger partial charge in [-0.3, -0.25) is 4.79 Å². The van der Waals surface area contributed by atoms with Crippen LogP contribution in [0.1, 0.15) is 12.5 Å². The van der Waals surface area contributed by atoms with Gasteiger partial charge in [-0.15, -0.1) is 0 Å². The van der Waals surface area contributed by atoms with Crippen molar-refractivity contribution in [2.75, 3.05) is 6.61 Å². The zero-order chi connectivity index (χ0) is 20.2. The number of aromatic nitrogens is 2. The molecule has 0 bridgehead atoms. The number of rotatable bonds is 6. The lowest BCUT2D eigenvalue weighted by Gasteiger charge is -2.12. The molecule has 0 saturated heterocycles. The van der Waals surface area contributed by atoms with E-state index in [0.29, 0.717) is 12.3 Å². The smallest absolute Gasteiger partial charge is 0.315 e. The number of nitrogens with zero attached hydrogens (tertiary/aromatic N) is 2. The molecule has 5 nitrogen and oxygen atoms in total. The van der Waals surface area contributed by atoms with Gasteiger partial charge >= 0.3 is 5.56 Å². The summed E-state index contributed by atoms with van der Waals surface area (Å²) >= 11 is 6.22. The molecular formula is C23H19ClN2O3. The third-order valence-electron chi connectivity index (χ3n) is 4.53. The van der Waals surface area contributed by atoms with Crippen molar-refractivity contribution in [2.24, 2.45) is 0 Å². The average molecular weight is 407 g/mol. The molecule has 0 radical (unpaired) electrons. The van der Waals surface area contributed by atoms with Crippen molar-refractivity contribution in [2.45, 2.75) is 13.5 Å². The number of ether oxygens (including phenoxy) is 2. The summed E-state index contributed by atoms with van der Waals surface area (Å²) < 4.78 is 12.6. The van der Waals surface area contributed by atoms with Crippen LogP contribution < -0.4 is 15.0 Å². The minimum absolute atomic E-state index is 0.0727. The van der Waals surface area contributed by atoms with E-state index in [1.165, 1.54) is 10.9 Å². The van der Waals surface area contributed by atoms with Crippen molar-refractivity contribution in [3.63, 3.8) is 0 Å². The van der Waals surface area contributed by atoms with Crippen LogP contribution in [0.25, 0.3) is 16.5 Å². The van der Waals surface area contributed by atoms with Gasteiger partial charge in [0.05, 0.1) is 18.5 Å². The van der Waals surface area contributed by atoms with Crippen LogP contribution in [-0.2, 0) is 6.61 Å². The molecule has 0 fully saturated rings. The Labute approximate surface area is 173 Å². The number of halogens is 1. The lowest BCUT2D eigenvalue weighted by molar-refractivity contribution is 0.301. The van der Waals surface area contributed by atoms with Gasteiger partial charge in [-0.25, -0.2) is 0 Å². The molecule has 0 unspecified atom stereocenters. The number of benzene rings is 3. The molecule has 4 aromatic rings. The van der Waals surface area contributed by atoms with Gasteiger partial charge in [0.2, 0.25) is 5.75 Å². The van der Waals surface area contributed by atoms with Crippen molar-refractivity contribution in [3.05, 3.63) is 93.9 Å². The van der Waals surface area contributed by atoms with E-state index in [1.54, 1.807) is 24.3 Å². The minimum Gasteiger partial charge on any atom is -0.494 e. The van der Waals surface area contributed by atoms with Crippen LogP contribution in [0.2, 0.25) is 5.02 Å². The molecule has 146 valence electrons. The van der Waals surface area contributed by atoms with E-state index >= 15 is 0 Å². The Bertz CT molecular complexity index is 1200. The Balaban J connectivity index is 1.64. The molecule has 29 heavy (non-hydrogen) atoms. The van der Waals surface area contributed by atoms with Gasteiger partial charge in [-0.05, 0) is 47.5 Å². The Kier molecular flexibility index (Phi) is 5.49. The number of fused-ring (bicyclic) bond motifs is 1. The van der Waals surface area contributed by atoms with Gasteiger partial charge in [-0.1, -0.05) is 54.1 Å². The van der Waals surface area contributed by atoms with Crippen LogP contribution >= 0.6 is 11.6 Å². The van der Waals surface area contributed by atoms with Crippen LogP contribution in [0.15, 0.2) is 77.7 Å². The summed E-state index contributed by atoms with van der Waals surface area (Å²) in [6, 6.07) is 21.1. The van der Waals surface area contributed by atoms with Gasteiger partial charge in [0.25, 0.3) is 0 Å². The normalized spacial score (nSPS) is 10.8. The average Bonchev–Trinajstić information content (AvgIpc) is 2.75. The van der Waals surface area contributed by atoms with Crippen molar-refractivity contribution in [3.8, 4) is 17.2 Å². The van der Waals surface area contributed by atoms with Crippen LogP contribution in [0.4, 0.5) is 0 Å². The van der Waals surface area contributed by atoms with E-state index in [-0.39, 0.29) is 17.4 Å². The standard InChI is InChI=1S/C23H19ClN2O3/c1-2-28-19-12-10-18(11-13-19)26-23(27)22(21(24)14-25-26)29-15-17-8-5-7-16-6-3-4-9-20(16)17/h3-14H,2,15H2,1H3. The zero-order valence-corrected chi connectivity index (χ0v) is 16.6. The van der Waals surface area contributed by atoms with Gasteiger partial charge in [0, 0.05) is 0 Å². The molecule has 0 aliphatic rings. The molecule has 0 N–H and O–H groups in total. The van der Waals surface area contributed by atoms with Crippen molar-refractivity contribution >= 4 is 22.4 Å². The Morgan fingerprint density at radius 1 is 0.966 bits per heavy atom. The summed E-state index contributed by atoms with van der Waals surface area (Å²) in [4.78, 5) is 12.9. The molecule has 4 rings (SSSR count). The maximum atomic E-state index is 12.9. The predicted octanol–water partition coefficient (Wildman–Crippen LogP) is 5.02. The minimum atomic E-state index is -0.415. The molecule has 0 amide bonds. The number of hydrogen-bond acceptors (Lipinski definition) is 4. The molecule has 0 atom stereocenters. The van der Waals surface area contributed by atoms with Crippen LogP contribution in [0.5, 0.6) is 11.5 Å². The summed E-state index contributed by atoms with van der Waals surface area (Å²) in [5.41, 5.74) is 1.16. The second kappa shape index (κ2) is 8.37. The monoisotopic (exact) mass is 406 g/mol. The quantitative estimate of drug-likeness (QED) is 0.451. The molecule has 3 aromatic carbocycles. The molecule has 0 aliphatic heterocycles. The van der Waals surface area contributed by atoms with E-state index in [0.717, 1.165) is 22.1 Å². The molecule has 0 aliphatic carbocycles. The Morgan fingerprint density at radius 2 is 1.72 bits per heavy atom. The molecular weight excluding hydrogens is 388 g/mol. The highest BCUT2D eigenvalue weighted by molar-refractivity contribution is 6.31. The summed E-state index contributed by atoms with van der Waals surface area (Å²) in [5.74, 6) is 0.800. The van der Waals surface area contributed by atoms with Crippen LogP contribution in [-0.4, -0.2) is 16.4 Å². The molecule has 0 spiro atoms. The second-order valence-electron chi connectivity index (χ2n) is 6.39. The van der Waals surface area contributed by atoms with Gasteiger partial charge in [-0.2, -0.15) is 9.78 Å². The first-order valence-electron chi connectivity index (χ1n) is 9.28. The highest BCUT2D eigenvalue weighted by Gasteiger charge is 2.14. The Hall–Kier alpha value is -3.31. The molecule has 0 saturated carbocycles. The summed E-state index contributed by atoms with van der Waals surface area (Å²) in [5, 5.41) is 6.51. The second-order valence-corrected chi connectivity index (χ2v) is 6.80. The third-order valence-corrected chi connectivity index (χ3v) is 4.80. The van der Waals surface area contributed by atoms with E-state index in [9.17, 15) is 4.79 Å². The fourth-order valence-corrected chi connectivity index (χ4v) is 3.33. The van der Waals surface area contributed by atoms with Crippen LogP contribution in [0, 0.1) is 0 Å². The van der Waals surface area contributed by atoms with E-state index in [4.69, 9.17) is 21.1 Å². The first-order valence-corrected chi connectivity index (χ1v) is 9.65. The Morgan fingerprint density at radius 3 is 2.52 bits per heavy atom. The van der Waals surface area contributed by atoms with Crippen molar-refractivity contribution in [1.29, 1.82) is 0 Å². The van der Waals surface area contributed by atoms with Gasteiger partial charge in [0.15, 0.2) is 0 Å². The molecule has 1 heterocycles. The molecule has 1 aromatic heterocycles. The third kappa shape index (κ3) is 3.96. The lowest BCUT2D eigenvalue weighted by Crippen LogP contribution is -2.23. The topological polar surface area (TPSA) is 53.4 Å². The maximum Gasteiger partial charge on any atom is 0.315 e. The highest BCUT2D eigenvalue weighted by atomic mass is 35.5. The summed E-state index contributed by atoms with van der Waals surface area (Å²) in [6.45, 7) is 2.72.